The van der Waals surface area contributed by atoms with E-state index in [0.29, 0.717) is 25.7 Å². The highest BCUT2D eigenvalue weighted by molar-refractivity contribution is 5.82. The van der Waals surface area contributed by atoms with Crippen LogP contribution in [-0.4, -0.2) is 18.1 Å². The van der Waals surface area contributed by atoms with E-state index in [1.165, 1.54) is 0 Å². The van der Waals surface area contributed by atoms with Gasteiger partial charge in [-0.25, -0.2) is 0 Å². The molecule has 0 aliphatic heterocycles. The average Bonchev–Trinajstić information content (AvgIpc) is 2.30. The van der Waals surface area contributed by atoms with Gasteiger partial charge in [-0.3, -0.25) is 15.0 Å². The van der Waals surface area contributed by atoms with Crippen LogP contribution in [0.3, 0.4) is 0 Å². The van der Waals surface area contributed by atoms with Crippen LogP contribution in [0.15, 0.2) is 22.6 Å². The van der Waals surface area contributed by atoms with Crippen LogP contribution in [0.25, 0.3) is 0 Å². The number of hydrogen-bond donors (Lipinski definition) is 2. The Balaban J connectivity index is 3.52. The van der Waals surface area contributed by atoms with Gasteiger partial charge in [0.15, 0.2) is 5.78 Å². The Morgan fingerprint density at radius 1 is 1.24 bits per heavy atom. The monoisotopic (exact) mass is 240 g/mol. The van der Waals surface area contributed by atoms with Gasteiger partial charge in [-0.1, -0.05) is 29.5 Å². The number of carbonyl (C=O) groups is 2. The highest BCUT2D eigenvalue weighted by Crippen LogP contribution is 2.01. The molecule has 0 bridgehead atoms. The van der Waals surface area contributed by atoms with E-state index in [1.807, 2.05) is 19.1 Å². The summed E-state index contributed by atoms with van der Waals surface area (Å²) in [7, 11) is 0. The zero-order valence-corrected chi connectivity index (χ0v) is 10.2. The van der Waals surface area contributed by atoms with Gasteiger partial charge in [0.05, 0.1) is 6.54 Å². The largest absolute Gasteiger partial charge is 0.303 e. The molecule has 3 N–H and O–H groups in total. The van der Waals surface area contributed by atoms with Crippen molar-refractivity contribution >= 4 is 11.6 Å². The molecular formula is C11H20N4O2. The van der Waals surface area contributed by atoms with Crippen molar-refractivity contribution in [1.82, 2.24) is 5.43 Å². The summed E-state index contributed by atoms with van der Waals surface area (Å²) in [5.41, 5.74) is 2.40. The zero-order chi connectivity index (χ0) is 12.9. The fourth-order valence-electron chi connectivity index (χ4n) is 1.22. The molecule has 96 valence electrons. The van der Waals surface area contributed by atoms with Crippen LogP contribution >= 0.6 is 0 Å². The molecule has 0 fully saturated rings. The molecule has 0 saturated carbocycles. The lowest BCUT2D eigenvalue weighted by molar-refractivity contribution is -0.119. The molecule has 0 spiro atoms. The number of nitrogens with two attached hydrogens (primary N) is 1. The summed E-state index contributed by atoms with van der Waals surface area (Å²) in [6.07, 6.45) is 6.63. The van der Waals surface area contributed by atoms with Gasteiger partial charge in [0.25, 0.3) is 0 Å². The fourth-order valence-corrected chi connectivity index (χ4v) is 1.22. The number of hydrogen-bond acceptors (Lipinski definition) is 4. The molecule has 0 atom stereocenters. The second-order valence-electron chi connectivity index (χ2n) is 3.57. The van der Waals surface area contributed by atoms with Gasteiger partial charge in [-0.2, -0.15) is 0 Å². The van der Waals surface area contributed by atoms with Crippen LogP contribution in [0.1, 0.15) is 39.0 Å². The molecule has 0 aromatic carbocycles. The van der Waals surface area contributed by atoms with Gasteiger partial charge in [0, 0.05) is 19.3 Å². The Hall–Kier alpha value is -1.72. The molecule has 0 aromatic rings. The molecular weight excluding hydrogens is 220 g/mol. The van der Waals surface area contributed by atoms with Crippen molar-refractivity contribution in [1.29, 1.82) is 0 Å². The summed E-state index contributed by atoms with van der Waals surface area (Å²) < 4.78 is 0. The SMILES string of the molecule is CCC=CCC(=O)CCCC(=O)CN/N=N/N. The lowest BCUT2D eigenvalue weighted by atomic mass is 10.1. The van der Waals surface area contributed by atoms with E-state index in [2.05, 4.69) is 15.9 Å². The molecule has 0 rings (SSSR count). The van der Waals surface area contributed by atoms with E-state index < -0.39 is 0 Å². The summed E-state index contributed by atoms with van der Waals surface area (Å²) in [5, 5.41) is 6.22. The third-order valence-electron chi connectivity index (χ3n) is 2.06. The van der Waals surface area contributed by atoms with Crippen LogP contribution in [0.5, 0.6) is 0 Å². The van der Waals surface area contributed by atoms with E-state index in [0.717, 1.165) is 6.42 Å². The van der Waals surface area contributed by atoms with E-state index in [1.54, 1.807) is 0 Å². The summed E-state index contributed by atoms with van der Waals surface area (Å²) in [6, 6.07) is 0. The smallest absolute Gasteiger partial charge is 0.153 e. The van der Waals surface area contributed by atoms with Gasteiger partial charge in [-0.05, 0) is 12.8 Å². The number of Topliss-reactive ketones (excluding diaryl/α,β-unsaturated/α-hetero) is 2. The number of nitrogens with one attached hydrogen (secondary N) is 1. The molecule has 0 amide bonds. The van der Waals surface area contributed by atoms with Crippen molar-refractivity contribution in [2.45, 2.75) is 39.0 Å². The van der Waals surface area contributed by atoms with Crippen molar-refractivity contribution < 1.29 is 9.59 Å². The van der Waals surface area contributed by atoms with Gasteiger partial charge < -0.3 is 5.84 Å². The first-order chi connectivity index (χ1) is 8.20. The standard InChI is InChI=1S/C11H20N4O2/c1-2-3-4-6-10(16)7-5-8-11(17)9-13-15-14-12/h3-4H,2,5-9H2,1H3,(H2,12,15)(H,13,14). The van der Waals surface area contributed by atoms with Gasteiger partial charge in [-0.15, -0.1) is 0 Å². The first-order valence-corrected chi connectivity index (χ1v) is 5.71. The third-order valence-corrected chi connectivity index (χ3v) is 2.06. The Bertz CT molecular complexity index is 287. The molecule has 0 aromatic heterocycles. The maximum atomic E-state index is 11.3. The van der Waals surface area contributed by atoms with Crippen LogP contribution in [0.4, 0.5) is 0 Å². The number of nitrogens with zero attached hydrogens (tertiary/aromatic N) is 2. The summed E-state index contributed by atoms with van der Waals surface area (Å²) in [4.78, 5) is 22.6. The highest BCUT2D eigenvalue weighted by Gasteiger charge is 2.04. The van der Waals surface area contributed by atoms with Crippen molar-refractivity contribution in [3.05, 3.63) is 12.2 Å². The van der Waals surface area contributed by atoms with Crippen LogP contribution in [0.2, 0.25) is 0 Å². The molecule has 0 aliphatic carbocycles. The quantitative estimate of drug-likeness (QED) is 0.261. The predicted molar refractivity (Wildman–Crippen MR) is 65.0 cm³/mol. The fraction of sp³-hybridized carbons (Fsp3) is 0.636. The topological polar surface area (TPSA) is 96.9 Å². The molecule has 0 unspecified atom stereocenters. The summed E-state index contributed by atoms with van der Waals surface area (Å²) >= 11 is 0. The van der Waals surface area contributed by atoms with E-state index in [4.69, 9.17) is 5.84 Å². The first-order valence-electron chi connectivity index (χ1n) is 5.71. The number of ketones is 2. The van der Waals surface area contributed by atoms with E-state index in [-0.39, 0.29) is 18.1 Å². The highest BCUT2D eigenvalue weighted by atomic mass is 16.1. The van der Waals surface area contributed by atoms with Crippen molar-refractivity contribution in [2.75, 3.05) is 6.54 Å². The van der Waals surface area contributed by atoms with Crippen molar-refractivity contribution in [3.8, 4) is 0 Å². The molecule has 17 heavy (non-hydrogen) atoms. The Labute approximate surface area is 101 Å². The first kappa shape index (κ1) is 15.3. The number of rotatable bonds is 10. The molecule has 0 radical (unpaired) electrons. The van der Waals surface area contributed by atoms with Gasteiger partial charge >= 0.3 is 0 Å². The van der Waals surface area contributed by atoms with Crippen LogP contribution < -0.4 is 11.3 Å². The third kappa shape index (κ3) is 10.6. The number of carbonyl (C=O) groups excluding carboxylic acids is 2. The van der Waals surface area contributed by atoms with E-state index >= 15 is 0 Å². The van der Waals surface area contributed by atoms with Crippen LogP contribution in [0, 0.1) is 0 Å². The minimum Gasteiger partial charge on any atom is -0.303 e. The molecule has 6 nitrogen and oxygen atoms in total. The zero-order valence-electron chi connectivity index (χ0n) is 10.2. The van der Waals surface area contributed by atoms with E-state index in [9.17, 15) is 9.59 Å². The molecule has 0 saturated heterocycles. The Morgan fingerprint density at radius 2 is 1.94 bits per heavy atom. The van der Waals surface area contributed by atoms with Gasteiger partial charge in [0.1, 0.15) is 5.78 Å². The lowest BCUT2D eigenvalue weighted by Crippen LogP contribution is -2.17. The van der Waals surface area contributed by atoms with Crippen molar-refractivity contribution in [3.63, 3.8) is 0 Å². The maximum Gasteiger partial charge on any atom is 0.153 e. The summed E-state index contributed by atoms with van der Waals surface area (Å²) in [5.74, 6) is 4.90. The van der Waals surface area contributed by atoms with Gasteiger partial charge in [0.2, 0.25) is 0 Å². The minimum absolute atomic E-state index is 0.00528. The van der Waals surface area contributed by atoms with Crippen LogP contribution in [-0.2, 0) is 9.59 Å². The van der Waals surface area contributed by atoms with Crippen molar-refractivity contribution in [2.24, 2.45) is 16.3 Å². The predicted octanol–water partition coefficient (Wildman–Crippen LogP) is 1.48. The lowest BCUT2D eigenvalue weighted by Gasteiger charge is -1.99. The minimum atomic E-state index is -0.00528. The maximum absolute atomic E-state index is 11.3. The Kier molecular flexibility index (Phi) is 9.70. The number of allylic oxidation sites excluding steroid dienone is 2. The normalized spacial score (nSPS) is 11.1. The second kappa shape index (κ2) is 10.8. The Morgan fingerprint density at radius 3 is 2.59 bits per heavy atom. The molecule has 6 heteroatoms. The average molecular weight is 240 g/mol. The summed E-state index contributed by atoms with van der Waals surface area (Å²) in [6.45, 7) is 2.12. The second-order valence-corrected chi connectivity index (χ2v) is 3.57. The molecule has 0 aliphatic rings. The molecule has 0 heterocycles.